The lowest BCUT2D eigenvalue weighted by molar-refractivity contribution is -0.125. The minimum absolute atomic E-state index is 0.107. The van der Waals surface area contributed by atoms with E-state index < -0.39 is 0 Å². The maximum atomic E-state index is 11.6. The molecule has 6 heteroatoms. The van der Waals surface area contributed by atoms with Gasteiger partial charge >= 0.3 is 6.01 Å². The molecule has 2 heterocycles. The number of nitrogens with two attached hydrogens (primary N) is 1. The Kier molecular flexibility index (Phi) is 3.22. The van der Waals surface area contributed by atoms with Crippen molar-refractivity contribution in [2.45, 2.75) is 51.9 Å². The van der Waals surface area contributed by atoms with Crippen molar-refractivity contribution in [1.29, 1.82) is 0 Å². The van der Waals surface area contributed by atoms with Crippen LogP contribution in [0.25, 0.3) is 0 Å². The van der Waals surface area contributed by atoms with E-state index in [9.17, 15) is 4.79 Å². The SMILES string of the molecule is CC(C)(C)c1noc(N2CCC(C3(C(N)=O)CC3)CC2)n1. The lowest BCUT2D eigenvalue weighted by atomic mass is 9.81. The number of carbonyl (C=O) groups excluding carboxylic acids is 1. The highest BCUT2D eigenvalue weighted by molar-refractivity contribution is 5.84. The highest BCUT2D eigenvalue weighted by atomic mass is 16.5. The number of piperidine rings is 1. The Hall–Kier alpha value is -1.59. The number of hydrogen-bond acceptors (Lipinski definition) is 5. The molecule has 0 radical (unpaired) electrons. The molecular weight excluding hydrogens is 268 g/mol. The highest BCUT2D eigenvalue weighted by Crippen LogP contribution is 2.55. The second-order valence-electron chi connectivity index (χ2n) is 7.43. The fourth-order valence-corrected chi connectivity index (χ4v) is 3.26. The monoisotopic (exact) mass is 292 g/mol. The highest BCUT2D eigenvalue weighted by Gasteiger charge is 2.54. The van der Waals surface area contributed by atoms with E-state index in [0.717, 1.165) is 44.6 Å². The molecule has 0 aromatic carbocycles. The molecule has 0 bridgehead atoms. The predicted molar refractivity (Wildman–Crippen MR) is 78.8 cm³/mol. The van der Waals surface area contributed by atoms with Gasteiger partial charge in [0.25, 0.3) is 0 Å². The Morgan fingerprint density at radius 1 is 1.33 bits per heavy atom. The van der Waals surface area contributed by atoms with Crippen molar-refractivity contribution in [1.82, 2.24) is 10.1 Å². The molecule has 1 aromatic heterocycles. The third-order valence-electron chi connectivity index (χ3n) is 4.91. The number of anilines is 1. The van der Waals surface area contributed by atoms with Gasteiger partial charge in [0.15, 0.2) is 5.82 Å². The molecule has 2 N–H and O–H groups in total. The van der Waals surface area contributed by atoms with Crippen LogP contribution in [-0.4, -0.2) is 29.1 Å². The summed E-state index contributed by atoms with van der Waals surface area (Å²) in [5, 5.41) is 4.07. The van der Waals surface area contributed by atoms with Gasteiger partial charge in [0, 0.05) is 18.5 Å². The van der Waals surface area contributed by atoms with Gasteiger partial charge < -0.3 is 15.2 Å². The van der Waals surface area contributed by atoms with E-state index in [2.05, 4.69) is 35.8 Å². The molecule has 21 heavy (non-hydrogen) atoms. The van der Waals surface area contributed by atoms with Crippen LogP contribution in [0.4, 0.5) is 6.01 Å². The van der Waals surface area contributed by atoms with Gasteiger partial charge in [-0.3, -0.25) is 4.79 Å². The standard InChI is InChI=1S/C15H24N4O2/c1-14(2,3)12-17-13(21-18-12)19-8-4-10(5-9-19)15(6-7-15)11(16)20/h10H,4-9H2,1-3H3,(H2,16,20). The lowest BCUT2D eigenvalue weighted by Crippen LogP contribution is -2.41. The van der Waals surface area contributed by atoms with E-state index in [-0.39, 0.29) is 16.7 Å². The molecule has 1 amide bonds. The summed E-state index contributed by atoms with van der Waals surface area (Å²) in [5.41, 5.74) is 5.25. The minimum atomic E-state index is -0.211. The van der Waals surface area contributed by atoms with E-state index in [1.165, 1.54) is 0 Å². The first-order valence-corrected chi connectivity index (χ1v) is 7.72. The van der Waals surface area contributed by atoms with Crippen LogP contribution in [0.15, 0.2) is 4.52 Å². The van der Waals surface area contributed by atoms with Crippen molar-refractivity contribution in [3.63, 3.8) is 0 Å². The van der Waals surface area contributed by atoms with Gasteiger partial charge in [-0.2, -0.15) is 4.98 Å². The molecule has 116 valence electrons. The molecule has 0 unspecified atom stereocenters. The van der Waals surface area contributed by atoms with Crippen LogP contribution in [0.2, 0.25) is 0 Å². The molecular formula is C15H24N4O2. The fourth-order valence-electron chi connectivity index (χ4n) is 3.26. The first-order valence-electron chi connectivity index (χ1n) is 7.72. The topological polar surface area (TPSA) is 85.3 Å². The maximum absolute atomic E-state index is 11.6. The lowest BCUT2D eigenvalue weighted by Gasteiger charge is -2.34. The van der Waals surface area contributed by atoms with Crippen molar-refractivity contribution < 1.29 is 9.32 Å². The second kappa shape index (κ2) is 4.71. The molecule has 1 saturated carbocycles. The van der Waals surface area contributed by atoms with Crippen LogP contribution in [-0.2, 0) is 10.2 Å². The molecule has 1 aliphatic carbocycles. The maximum Gasteiger partial charge on any atom is 0.324 e. The van der Waals surface area contributed by atoms with Gasteiger partial charge in [-0.25, -0.2) is 0 Å². The molecule has 0 atom stereocenters. The van der Waals surface area contributed by atoms with Gasteiger partial charge in [-0.15, -0.1) is 0 Å². The van der Waals surface area contributed by atoms with Gasteiger partial charge in [0.1, 0.15) is 0 Å². The molecule has 2 aliphatic rings. The predicted octanol–water partition coefficient (Wildman–Crippen LogP) is 1.85. The first-order chi connectivity index (χ1) is 9.83. The van der Waals surface area contributed by atoms with Crippen molar-refractivity contribution >= 4 is 11.9 Å². The molecule has 2 fully saturated rings. The Morgan fingerprint density at radius 2 is 1.95 bits per heavy atom. The zero-order valence-electron chi connectivity index (χ0n) is 13.1. The van der Waals surface area contributed by atoms with Gasteiger partial charge in [0.05, 0.1) is 5.41 Å². The number of nitrogens with zero attached hydrogens (tertiary/aromatic N) is 3. The van der Waals surface area contributed by atoms with Crippen molar-refractivity contribution in [3.8, 4) is 0 Å². The number of aromatic nitrogens is 2. The summed E-state index contributed by atoms with van der Waals surface area (Å²) in [4.78, 5) is 18.2. The fraction of sp³-hybridized carbons (Fsp3) is 0.800. The summed E-state index contributed by atoms with van der Waals surface area (Å²) in [6, 6.07) is 0.599. The molecule has 0 spiro atoms. The van der Waals surface area contributed by atoms with E-state index in [1.54, 1.807) is 0 Å². The van der Waals surface area contributed by atoms with Crippen LogP contribution in [0.3, 0.4) is 0 Å². The number of primary amides is 1. The minimum Gasteiger partial charge on any atom is -0.369 e. The number of rotatable bonds is 3. The van der Waals surface area contributed by atoms with Crippen molar-refractivity contribution in [2.75, 3.05) is 18.0 Å². The third-order valence-corrected chi connectivity index (χ3v) is 4.91. The summed E-state index contributed by atoms with van der Waals surface area (Å²) in [6.45, 7) is 7.91. The molecule has 1 aromatic rings. The van der Waals surface area contributed by atoms with Crippen LogP contribution >= 0.6 is 0 Å². The van der Waals surface area contributed by atoms with Crippen LogP contribution in [0, 0.1) is 11.3 Å². The second-order valence-corrected chi connectivity index (χ2v) is 7.43. The van der Waals surface area contributed by atoms with Gasteiger partial charge in [-0.05, 0) is 31.6 Å². The number of amides is 1. The van der Waals surface area contributed by atoms with Crippen LogP contribution in [0.1, 0.15) is 52.3 Å². The van der Waals surface area contributed by atoms with Crippen molar-refractivity contribution in [2.24, 2.45) is 17.1 Å². The quantitative estimate of drug-likeness (QED) is 0.919. The molecule has 3 rings (SSSR count). The summed E-state index contributed by atoms with van der Waals surface area (Å²) >= 11 is 0. The van der Waals surface area contributed by atoms with E-state index >= 15 is 0 Å². The van der Waals surface area contributed by atoms with E-state index in [4.69, 9.17) is 10.3 Å². The Labute approximate surface area is 125 Å². The van der Waals surface area contributed by atoms with Crippen LogP contribution < -0.4 is 10.6 Å². The summed E-state index contributed by atoms with van der Waals surface area (Å²) in [5.74, 6) is 1.03. The Balaban J connectivity index is 1.64. The normalized spacial score (nSPS) is 22.3. The number of hydrogen-bond donors (Lipinski definition) is 1. The van der Waals surface area contributed by atoms with Gasteiger partial charge in [0.2, 0.25) is 5.91 Å². The van der Waals surface area contributed by atoms with Crippen molar-refractivity contribution in [3.05, 3.63) is 5.82 Å². The number of carbonyl (C=O) groups is 1. The summed E-state index contributed by atoms with van der Waals surface area (Å²) in [6.07, 6.45) is 3.86. The smallest absolute Gasteiger partial charge is 0.324 e. The zero-order valence-corrected chi connectivity index (χ0v) is 13.1. The first kappa shape index (κ1) is 14.4. The molecule has 1 saturated heterocycles. The van der Waals surface area contributed by atoms with Crippen LogP contribution in [0.5, 0.6) is 0 Å². The zero-order chi connectivity index (χ0) is 15.3. The summed E-state index contributed by atoms with van der Waals surface area (Å²) < 4.78 is 5.39. The Morgan fingerprint density at radius 3 is 2.38 bits per heavy atom. The third kappa shape index (κ3) is 2.51. The molecule has 1 aliphatic heterocycles. The van der Waals surface area contributed by atoms with E-state index in [1.807, 2.05) is 0 Å². The average Bonchev–Trinajstić information content (AvgIpc) is 3.08. The average molecular weight is 292 g/mol. The van der Waals surface area contributed by atoms with E-state index in [0.29, 0.717) is 11.9 Å². The Bertz CT molecular complexity index is 534. The molecule has 6 nitrogen and oxygen atoms in total. The largest absolute Gasteiger partial charge is 0.369 e. The van der Waals surface area contributed by atoms with Gasteiger partial charge in [-0.1, -0.05) is 25.9 Å². The summed E-state index contributed by atoms with van der Waals surface area (Å²) in [7, 11) is 0.